The van der Waals surface area contributed by atoms with Gasteiger partial charge in [0.25, 0.3) is 7.82 Å². The van der Waals surface area contributed by atoms with Crippen LogP contribution in [-0.2, 0) is 32.7 Å². The SMILES string of the molecule is CC/C=C\C/C=C\C/C=C\C/C=C\C/C=C\C/C=C\CCCCCCC(=O)OC(COC(=O)CCCCCCCCCCCCCCCCCC)COP(=O)([O-])OCC[N+](C)(C)C. The molecule has 0 aromatic heterocycles. The molecule has 63 heavy (non-hydrogen) atoms. The zero-order valence-corrected chi connectivity index (χ0v) is 41.9. The lowest BCUT2D eigenvalue weighted by molar-refractivity contribution is -0.870. The van der Waals surface area contributed by atoms with E-state index in [1.165, 1.54) is 83.5 Å². The maximum absolute atomic E-state index is 12.7. The van der Waals surface area contributed by atoms with Crippen molar-refractivity contribution in [2.45, 2.75) is 206 Å². The van der Waals surface area contributed by atoms with Crippen LogP contribution < -0.4 is 4.89 Å². The van der Waals surface area contributed by atoms with E-state index in [4.69, 9.17) is 18.5 Å². The van der Waals surface area contributed by atoms with Crippen molar-refractivity contribution in [3.05, 3.63) is 72.9 Å². The molecule has 0 heterocycles. The van der Waals surface area contributed by atoms with E-state index in [1.807, 2.05) is 21.1 Å². The van der Waals surface area contributed by atoms with Gasteiger partial charge in [0.15, 0.2) is 6.10 Å². The van der Waals surface area contributed by atoms with Gasteiger partial charge >= 0.3 is 11.9 Å². The first-order valence-electron chi connectivity index (χ1n) is 25.1. The zero-order valence-electron chi connectivity index (χ0n) is 41.0. The number of carbonyl (C=O) groups is 2. The number of nitrogens with zero attached hydrogens (tertiary/aromatic N) is 1. The average Bonchev–Trinajstić information content (AvgIpc) is 3.24. The van der Waals surface area contributed by atoms with Gasteiger partial charge in [0, 0.05) is 12.8 Å². The molecule has 0 spiro atoms. The molecule has 0 aromatic rings. The number of rotatable bonds is 45. The molecule has 0 aromatic carbocycles. The third-order valence-corrected chi connectivity index (χ3v) is 11.5. The minimum absolute atomic E-state index is 0.0386. The van der Waals surface area contributed by atoms with E-state index < -0.39 is 32.5 Å². The van der Waals surface area contributed by atoms with Crippen LogP contribution in [0.1, 0.15) is 200 Å². The summed E-state index contributed by atoms with van der Waals surface area (Å²) in [6, 6.07) is 0. The van der Waals surface area contributed by atoms with Crippen LogP contribution in [0.4, 0.5) is 0 Å². The first-order valence-corrected chi connectivity index (χ1v) is 26.6. The summed E-state index contributed by atoms with van der Waals surface area (Å²) in [7, 11) is 1.14. The van der Waals surface area contributed by atoms with Gasteiger partial charge in [-0.2, -0.15) is 0 Å². The van der Waals surface area contributed by atoms with Crippen molar-refractivity contribution in [2.24, 2.45) is 0 Å². The molecule has 0 saturated carbocycles. The highest BCUT2D eigenvalue weighted by Gasteiger charge is 2.21. The molecule has 10 heteroatoms. The maximum Gasteiger partial charge on any atom is 0.306 e. The Hall–Kier alpha value is -2.55. The van der Waals surface area contributed by atoms with Crippen molar-refractivity contribution in [2.75, 3.05) is 47.5 Å². The van der Waals surface area contributed by atoms with Gasteiger partial charge in [-0.3, -0.25) is 14.2 Å². The molecule has 0 N–H and O–H groups in total. The zero-order chi connectivity index (χ0) is 46.4. The standard InChI is InChI=1S/C53H94NO8P/c1-6-8-10-12-14-16-18-20-22-24-25-26-27-28-29-30-32-34-36-38-40-42-44-46-53(56)62-51(50-61-63(57,58)60-48-47-54(3,4)5)49-59-52(55)45-43-41-39-37-35-33-31-23-21-19-17-15-13-11-9-7-2/h8,10,14,16,20,22,25-26,28-29,32,34,51H,6-7,9,11-13,15,17-19,21,23-24,27,30-31,33,35-50H2,1-5H3/b10-8-,16-14-,22-20-,26-25-,29-28-,34-32-. The molecular weight excluding hydrogens is 810 g/mol. The number of ether oxygens (including phenoxy) is 2. The molecule has 0 aliphatic rings. The molecule has 0 aliphatic heterocycles. The summed E-state index contributed by atoms with van der Waals surface area (Å²) >= 11 is 0. The van der Waals surface area contributed by atoms with Crippen LogP contribution in [0.5, 0.6) is 0 Å². The highest BCUT2D eigenvalue weighted by molar-refractivity contribution is 7.45. The largest absolute Gasteiger partial charge is 0.756 e. The second-order valence-corrected chi connectivity index (χ2v) is 19.2. The lowest BCUT2D eigenvalue weighted by Gasteiger charge is -2.28. The molecule has 9 nitrogen and oxygen atoms in total. The molecule has 2 atom stereocenters. The first-order chi connectivity index (χ1) is 30.5. The van der Waals surface area contributed by atoms with Gasteiger partial charge in [-0.15, -0.1) is 0 Å². The highest BCUT2D eigenvalue weighted by Crippen LogP contribution is 2.38. The lowest BCUT2D eigenvalue weighted by Crippen LogP contribution is -2.37. The van der Waals surface area contributed by atoms with Crippen molar-refractivity contribution in [1.82, 2.24) is 0 Å². The summed E-state index contributed by atoms with van der Waals surface area (Å²) in [6.07, 6.45) is 56.4. The van der Waals surface area contributed by atoms with Crippen LogP contribution in [0.3, 0.4) is 0 Å². The van der Waals surface area contributed by atoms with E-state index in [0.717, 1.165) is 83.5 Å². The van der Waals surface area contributed by atoms with Gasteiger partial charge in [0.2, 0.25) is 0 Å². The number of quaternary nitrogens is 1. The number of unbranched alkanes of at least 4 members (excludes halogenated alkanes) is 19. The Labute approximate surface area is 387 Å². The topological polar surface area (TPSA) is 111 Å². The summed E-state index contributed by atoms with van der Waals surface area (Å²) in [5, 5.41) is 0. The van der Waals surface area contributed by atoms with Crippen LogP contribution in [0.25, 0.3) is 0 Å². The van der Waals surface area contributed by atoms with Crippen LogP contribution >= 0.6 is 7.82 Å². The number of likely N-dealkylation sites (N-methyl/N-ethyl adjacent to an activating group) is 1. The monoisotopic (exact) mass is 904 g/mol. The second-order valence-electron chi connectivity index (χ2n) is 17.8. The molecule has 2 unspecified atom stereocenters. The fourth-order valence-electron chi connectivity index (χ4n) is 6.60. The van der Waals surface area contributed by atoms with E-state index in [2.05, 4.69) is 86.8 Å². The summed E-state index contributed by atoms with van der Waals surface area (Å²) < 4.78 is 34.0. The minimum Gasteiger partial charge on any atom is -0.756 e. The molecule has 0 bridgehead atoms. The number of hydrogen-bond acceptors (Lipinski definition) is 8. The van der Waals surface area contributed by atoms with Crippen molar-refractivity contribution < 1.29 is 42.1 Å². The van der Waals surface area contributed by atoms with Gasteiger partial charge in [-0.25, -0.2) is 0 Å². The highest BCUT2D eigenvalue weighted by atomic mass is 31.2. The molecule has 0 radical (unpaired) electrons. The number of carbonyl (C=O) groups excluding carboxylic acids is 2. The van der Waals surface area contributed by atoms with Gasteiger partial charge in [0.05, 0.1) is 27.7 Å². The fourth-order valence-corrected chi connectivity index (χ4v) is 7.33. The minimum atomic E-state index is -4.64. The van der Waals surface area contributed by atoms with Gasteiger partial charge < -0.3 is 27.9 Å². The quantitative estimate of drug-likeness (QED) is 0.0195. The van der Waals surface area contributed by atoms with Crippen molar-refractivity contribution in [3.63, 3.8) is 0 Å². The molecule has 0 fully saturated rings. The Bertz CT molecular complexity index is 1300. The van der Waals surface area contributed by atoms with Crippen molar-refractivity contribution >= 4 is 19.8 Å². The smallest absolute Gasteiger partial charge is 0.306 e. The molecule has 0 aliphatic carbocycles. The van der Waals surface area contributed by atoms with E-state index >= 15 is 0 Å². The Morgan fingerprint density at radius 2 is 0.905 bits per heavy atom. The number of esters is 2. The molecule has 364 valence electrons. The van der Waals surface area contributed by atoms with E-state index in [-0.39, 0.29) is 26.1 Å². The number of phosphoric ester groups is 1. The summed E-state index contributed by atoms with van der Waals surface area (Å²) in [5.41, 5.74) is 0. The maximum atomic E-state index is 12.7. The van der Waals surface area contributed by atoms with Crippen molar-refractivity contribution in [1.29, 1.82) is 0 Å². The summed E-state index contributed by atoms with van der Waals surface area (Å²) in [4.78, 5) is 37.7. The first kappa shape index (κ1) is 60.5. The van der Waals surface area contributed by atoms with Crippen molar-refractivity contribution in [3.8, 4) is 0 Å². The Morgan fingerprint density at radius 1 is 0.508 bits per heavy atom. The molecule has 0 rings (SSSR count). The predicted octanol–water partition coefficient (Wildman–Crippen LogP) is 14.3. The Morgan fingerprint density at radius 3 is 1.35 bits per heavy atom. The normalized spacial score (nSPS) is 14.1. The summed E-state index contributed by atoms with van der Waals surface area (Å²) in [6.45, 7) is 4.09. The van der Waals surface area contributed by atoms with E-state index in [9.17, 15) is 19.0 Å². The summed E-state index contributed by atoms with van der Waals surface area (Å²) in [5.74, 6) is -0.862. The van der Waals surface area contributed by atoms with E-state index in [0.29, 0.717) is 17.4 Å². The van der Waals surface area contributed by atoms with Crippen LogP contribution in [0.15, 0.2) is 72.9 Å². The third kappa shape index (κ3) is 48.7. The fraction of sp³-hybridized carbons (Fsp3) is 0.736. The molecular formula is C53H94NO8P. The van der Waals surface area contributed by atoms with Crippen LogP contribution in [-0.4, -0.2) is 70.0 Å². The van der Waals surface area contributed by atoms with E-state index in [1.54, 1.807) is 0 Å². The molecule has 0 amide bonds. The number of phosphoric acid groups is 1. The lowest BCUT2D eigenvalue weighted by atomic mass is 10.0. The predicted molar refractivity (Wildman–Crippen MR) is 263 cm³/mol. The van der Waals surface area contributed by atoms with Gasteiger partial charge in [-0.1, -0.05) is 196 Å². The Balaban J connectivity index is 4.34. The Kier molecular flexibility index (Phi) is 42.8. The second kappa shape index (κ2) is 44.6. The average molecular weight is 904 g/mol. The molecule has 0 saturated heterocycles. The van der Waals surface area contributed by atoms with Gasteiger partial charge in [-0.05, 0) is 64.2 Å². The van der Waals surface area contributed by atoms with Crippen LogP contribution in [0, 0.1) is 0 Å². The van der Waals surface area contributed by atoms with Crippen LogP contribution in [0.2, 0.25) is 0 Å². The third-order valence-electron chi connectivity index (χ3n) is 10.5. The van der Waals surface area contributed by atoms with Gasteiger partial charge in [0.1, 0.15) is 19.8 Å². The number of hydrogen-bond donors (Lipinski definition) is 0. The number of allylic oxidation sites excluding steroid dienone is 12.